The van der Waals surface area contributed by atoms with Gasteiger partial charge in [0, 0.05) is 26.4 Å². The van der Waals surface area contributed by atoms with E-state index in [9.17, 15) is 0 Å². The zero-order chi connectivity index (χ0) is 14.8. The van der Waals surface area contributed by atoms with Gasteiger partial charge in [0.1, 0.15) is 11.5 Å². The van der Waals surface area contributed by atoms with Crippen molar-refractivity contribution in [1.29, 1.82) is 0 Å². The first-order valence-corrected chi connectivity index (χ1v) is 7.64. The molecule has 0 aliphatic rings. The van der Waals surface area contributed by atoms with E-state index in [0.717, 1.165) is 37.9 Å². The molecule has 0 amide bonds. The van der Waals surface area contributed by atoms with E-state index >= 15 is 0 Å². The third kappa shape index (κ3) is 2.42. The molecule has 108 valence electrons. The highest BCUT2D eigenvalue weighted by Crippen LogP contribution is 2.43. The molecule has 2 nitrogen and oxygen atoms in total. The number of benzene rings is 3. The van der Waals surface area contributed by atoms with Crippen LogP contribution in [-0.4, -0.2) is 13.2 Å². The van der Waals surface area contributed by atoms with E-state index in [0.29, 0.717) is 13.2 Å². The van der Waals surface area contributed by atoms with E-state index < -0.39 is 0 Å². The number of ether oxygens (including phenoxy) is 2. The molecule has 0 aliphatic carbocycles. The lowest BCUT2D eigenvalue weighted by Crippen LogP contribution is -1.98. The third-order valence-corrected chi connectivity index (χ3v) is 3.76. The van der Waals surface area contributed by atoms with Crippen LogP contribution in [-0.2, 0) is 0 Å². The van der Waals surface area contributed by atoms with Gasteiger partial charge in [-0.3, -0.25) is 0 Å². The van der Waals surface area contributed by atoms with Crippen LogP contribution in [0.25, 0.3) is 21.5 Å². The van der Waals surface area contributed by atoms with E-state index in [1.807, 2.05) is 38.1 Å². The third-order valence-electron chi connectivity index (χ3n) is 3.49. The number of rotatable bonds is 4. The Morgan fingerprint density at radius 2 is 1.29 bits per heavy atom. The number of fused-ring (bicyclic) bond motifs is 2. The van der Waals surface area contributed by atoms with E-state index in [1.54, 1.807) is 0 Å². The molecule has 0 bridgehead atoms. The highest BCUT2D eigenvalue weighted by atomic mass is 32.1. The first-order chi connectivity index (χ1) is 10.3. The van der Waals surface area contributed by atoms with Gasteiger partial charge in [-0.05, 0) is 32.0 Å². The second-order valence-electron chi connectivity index (χ2n) is 4.80. The van der Waals surface area contributed by atoms with E-state index in [2.05, 4.69) is 30.8 Å². The second kappa shape index (κ2) is 5.86. The van der Waals surface area contributed by atoms with Crippen molar-refractivity contribution in [2.45, 2.75) is 18.7 Å². The molecule has 0 unspecified atom stereocenters. The summed E-state index contributed by atoms with van der Waals surface area (Å²) in [4.78, 5) is 0.918. The maximum atomic E-state index is 5.93. The summed E-state index contributed by atoms with van der Waals surface area (Å²) in [6.07, 6.45) is 0. The average molecular weight is 298 g/mol. The fraction of sp³-hybridized carbons (Fsp3) is 0.222. The predicted molar refractivity (Wildman–Crippen MR) is 91.0 cm³/mol. The fourth-order valence-corrected chi connectivity index (χ4v) is 2.89. The smallest absolute Gasteiger partial charge is 0.135 e. The normalized spacial score (nSPS) is 11.0. The minimum absolute atomic E-state index is 0.629. The summed E-state index contributed by atoms with van der Waals surface area (Å²) in [7, 11) is 0. The van der Waals surface area contributed by atoms with Crippen LogP contribution in [0.2, 0.25) is 0 Å². The summed E-state index contributed by atoms with van der Waals surface area (Å²) in [5, 5.41) is 4.28. The van der Waals surface area contributed by atoms with Crippen molar-refractivity contribution < 1.29 is 9.47 Å². The molecule has 21 heavy (non-hydrogen) atoms. The summed E-state index contributed by atoms with van der Waals surface area (Å²) >= 11 is 4.46. The molecule has 0 aromatic heterocycles. The van der Waals surface area contributed by atoms with Crippen molar-refractivity contribution in [2.24, 2.45) is 0 Å². The summed E-state index contributed by atoms with van der Waals surface area (Å²) < 4.78 is 11.9. The van der Waals surface area contributed by atoms with Crippen molar-refractivity contribution >= 4 is 34.2 Å². The lowest BCUT2D eigenvalue weighted by Gasteiger charge is -2.17. The minimum Gasteiger partial charge on any atom is -0.493 e. The van der Waals surface area contributed by atoms with Gasteiger partial charge in [-0.1, -0.05) is 24.3 Å². The SMILES string of the molecule is CCOc1c2ccccc2c(OCC)c2cc(S)ccc12. The zero-order valence-corrected chi connectivity index (χ0v) is 13.1. The van der Waals surface area contributed by atoms with Gasteiger partial charge in [-0.2, -0.15) is 0 Å². The second-order valence-corrected chi connectivity index (χ2v) is 5.32. The van der Waals surface area contributed by atoms with Gasteiger partial charge in [0.25, 0.3) is 0 Å². The van der Waals surface area contributed by atoms with E-state index in [1.165, 1.54) is 0 Å². The molecular formula is C18H18O2S. The Morgan fingerprint density at radius 1 is 0.762 bits per heavy atom. The maximum absolute atomic E-state index is 5.93. The minimum atomic E-state index is 0.629. The van der Waals surface area contributed by atoms with Crippen LogP contribution in [0, 0.1) is 0 Å². The standard InChI is InChI=1S/C18H18O2S/c1-3-19-17-13-7-5-6-8-14(13)18(20-4-2)16-11-12(21)9-10-15(16)17/h5-11,21H,3-4H2,1-2H3. The Bertz CT molecular complexity index is 796. The number of hydrogen-bond acceptors (Lipinski definition) is 3. The Balaban J connectivity index is 2.49. The Morgan fingerprint density at radius 3 is 1.86 bits per heavy atom. The zero-order valence-electron chi connectivity index (χ0n) is 12.2. The Labute approximate surface area is 130 Å². The van der Waals surface area contributed by atoms with Crippen molar-refractivity contribution in [3.8, 4) is 11.5 Å². The molecule has 3 aromatic carbocycles. The topological polar surface area (TPSA) is 18.5 Å². The maximum Gasteiger partial charge on any atom is 0.135 e. The number of thiol groups is 1. The molecule has 0 atom stereocenters. The Hall–Kier alpha value is -1.87. The van der Waals surface area contributed by atoms with E-state index in [-0.39, 0.29) is 0 Å². The van der Waals surface area contributed by atoms with Crippen LogP contribution in [0.5, 0.6) is 11.5 Å². The average Bonchev–Trinajstić information content (AvgIpc) is 2.50. The van der Waals surface area contributed by atoms with Crippen LogP contribution in [0.15, 0.2) is 47.4 Å². The van der Waals surface area contributed by atoms with Crippen LogP contribution in [0.1, 0.15) is 13.8 Å². The monoisotopic (exact) mass is 298 g/mol. The Kier molecular flexibility index (Phi) is 3.93. The molecule has 0 saturated heterocycles. The molecule has 0 heterocycles. The molecule has 3 aromatic rings. The van der Waals surface area contributed by atoms with Gasteiger partial charge >= 0.3 is 0 Å². The largest absolute Gasteiger partial charge is 0.493 e. The molecule has 0 spiro atoms. The molecular weight excluding hydrogens is 280 g/mol. The lowest BCUT2D eigenvalue weighted by atomic mass is 10.0. The van der Waals surface area contributed by atoms with Gasteiger partial charge in [0.05, 0.1) is 13.2 Å². The van der Waals surface area contributed by atoms with Gasteiger partial charge in [0.15, 0.2) is 0 Å². The van der Waals surface area contributed by atoms with Crippen molar-refractivity contribution in [3.05, 3.63) is 42.5 Å². The van der Waals surface area contributed by atoms with Gasteiger partial charge in [-0.15, -0.1) is 12.6 Å². The van der Waals surface area contributed by atoms with Crippen LogP contribution >= 0.6 is 12.6 Å². The van der Waals surface area contributed by atoms with E-state index in [4.69, 9.17) is 9.47 Å². The number of hydrogen-bond donors (Lipinski definition) is 1. The molecule has 0 saturated carbocycles. The molecule has 3 rings (SSSR count). The molecule has 0 N–H and O–H groups in total. The van der Waals surface area contributed by atoms with Crippen molar-refractivity contribution in [1.82, 2.24) is 0 Å². The van der Waals surface area contributed by atoms with Crippen LogP contribution < -0.4 is 9.47 Å². The van der Waals surface area contributed by atoms with Gasteiger partial charge in [0.2, 0.25) is 0 Å². The van der Waals surface area contributed by atoms with Crippen molar-refractivity contribution in [2.75, 3.05) is 13.2 Å². The molecule has 0 aliphatic heterocycles. The first-order valence-electron chi connectivity index (χ1n) is 7.19. The summed E-state index contributed by atoms with van der Waals surface area (Å²) in [6, 6.07) is 14.3. The fourth-order valence-electron chi connectivity index (χ4n) is 2.69. The van der Waals surface area contributed by atoms with Crippen LogP contribution in [0.4, 0.5) is 0 Å². The van der Waals surface area contributed by atoms with Crippen molar-refractivity contribution in [3.63, 3.8) is 0 Å². The molecule has 0 radical (unpaired) electrons. The van der Waals surface area contributed by atoms with Crippen LogP contribution in [0.3, 0.4) is 0 Å². The predicted octanol–water partition coefficient (Wildman–Crippen LogP) is 5.08. The lowest BCUT2D eigenvalue weighted by molar-refractivity contribution is 0.342. The molecule has 0 fully saturated rings. The summed E-state index contributed by atoms with van der Waals surface area (Å²) in [6.45, 7) is 5.27. The summed E-state index contributed by atoms with van der Waals surface area (Å²) in [5.41, 5.74) is 0. The summed E-state index contributed by atoms with van der Waals surface area (Å²) in [5.74, 6) is 1.82. The van der Waals surface area contributed by atoms with Gasteiger partial charge < -0.3 is 9.47 Å². The molecule has 3 heteroatoms. The first kappa shape index (κ1) is 14.1. The van der Waals surface area contributed by atoms with Gasteiger partial charge in [-0.25, -0.2) is 0 Å². The highest BCUT2D eigenvalue weighted by molar-refractivity contribution is 7.80. The quantitative estimate of drug-likeness (QED) is 0.535. The highest BCUT2D eigenvalue weighted by Gasteiger charge is 2.15.